The van der Waals surface area contributed by atoms with Crippen molar-refractivity contribution in [3.05, 3.63) is 33.3 Å². The van der Waals surface area contributed by atoms with Gasteiger partial charge in [-0.3, -0.25) is 11.3 Å². The van der Waals surface area contributed by atoms with Gasteiger partial charge in [0.15, 0.2) is 0 Å². The van der Waals surface area contributed by atoms with Crippen molar-refractivity contribution in [2.45, 2.75) is 18.9 Å². The van der Waals surface area contributed by atoms with E-state index in [4.69, 9.17) is 17.4 Å². The maximum Gasteiger partial charge on any atom is 0.147 e. The van der Waals surface area contributed by atoms with E-state index in [0.29, 0.717) is 17.9 Å². The number of nitrogens with two attached hydrogens (primary N) is 1. The zero-order valence-electron chi connectivity index (χ0n) is 9.99. The van der Waals surface area contributed by atoms with Gasteiger partial charge < -0.3 is 0 Å². The Hall–Kier alpha value is -0.140. The van der Waals surface area contributed by atoms with Crippen molar-refractivity contribution < 1.29 is 8.42 Å². The summed E-state index contributed by atoms with van der Waals surface area (Å²) in [5.74, 6) is 5.64. The van der Waals surface area contributed by atoms with Crippen molar-refractivity contribution in [3.8, 4) is 0 Å². The summed E-state index contributed by atoms with van der Waals surface area (Å²) in [5, 5.41) is 0.603. The molecule has 0 aliphatic rings. The van der Waals surface area contributed by atoms with Gasteiger partial charge in [0.1, 0.15) is 9.84 Å². The number of hydrazine groups is 1. The third-order valence-corrected chi connectivity index (χ3v) is 4.40. The number of hydrogen-bond donors (Lipinski definition) is 2. The molecule has 3 N–H and O–H groups in total. The van der Waals surface area contributed by atoms with Gasteiger partial charge in [0, 0.05) is 27.5 Å². The second-order valence-corrected chi connectivity index (χ2v) is 7.74. The molecule has 0 saturated carbocycles. The Morgan fingerprint density at radius 3 is 2.67 bits per heavy atom. The Labute approximate surface area is 121 Å². The molecular formula is C11H16BrClN2O2S. The average Bonchev–Trinajstić information content (AvgIpc) is 2.24. The largest absolute Gasteiger partial charge is 0.271 e. The van der Waals surface area contributed by atoms with Crippen LogP contribution < -0.4 is 11.3 Å². The lowest BCUT2D eigenvalue weighted by molar-refractivity contribution is 0.508. The maximum absolute atomic E-state index is 11.1. The molecule has 0 bridgehead atoms. The fourth-order valence-electron chi connectivity index (χ4n) is 1.66. The summed E-state index contributed by atoms with van der Waals surface area (Å²) < 4.78 is 23.0. The number of nitrogens with one attached hydrogen (secondary N) is 1. The van der Waals surface area contributed by atoms with Gasteiger partial charge in [-0.2, -0.15) is 0 Å². The maximum atomic E-state index is 11.1. The third kappa shape index (κ3) is 5.24. The molecule has 0 aromatic heterocycles. The van der Waals surface area contributed by atoms with Crippen LogP contribution in [0.4, 0.5) is 0 Å². The summed E-state index contributed by atoms with van der Waals surface area (Å²) in [4.78, 5) is 0. The second kappa shape index (κ2) is 6.86. The van der Waals surface area contributed by atoms with Crippen molar-refractivity contribution in [2.75, 3.05) is 12.0 Å². The molecule has 1 rings (SSSR count). The molecule has 1 aromatic rings. The van der Waals surface area contributed by atoms with Gasteiger partial charge in [0.05, 0.1) is 0 Å². The molecule has 0 radical (unpaired) electrons. The molecule has 7 heteroatoms. The first-order chi connectivity index (χ1) is 8.33. The van der Waals surface area contributed by atoms with Crippen LogP contribution in [0.2, 0.25) is 5.02 Å². The highest BCUT2D eigenvalue weighted by molar-refractivity contribution is 9.10. The minimum absolute atomic E-state index is 0.146. The molecule has 0 amide bonds. The summed E-state index contributed by atoms with van der Waals surface area (Å²) in [7, 11) is -2.94. The van der Waals surface area contributed by atoms with Crippen LogP contribution in [0.25, 0.3) is 0 Å². The fraction of sp³-hybridized carbons (Fsp3) is 0.455. The zero-order chi connectivity index (χ0) is 13.8. The summed E-state index contributed by atoms with van der Waals surface area (Å²) in [5.41, 5.74) is 3.54. The molecule has 0 aliphatic heterocycles. The highest BCUT2D eigenvalue weighted by Crippen LogP contribution is 2.28. The van der Waals surface area contributed by atoms with E-state index in [-0.39, 0.29) is 11.8 Å². The van der Waals surface area contributed by atoms with Crippen LogP contribution in [-0.4, -0.2) is 20.4 Å². The topological polar surface area (TPSA) is 72.2 Å². The second-order valence-electron chi connectivity index (χ2n) is 4.16. The molecule has 18 heavy (non-hydrogen) atoms. The average molecular weight is 356 g/mol. The van der Waals surface area contributed by atoms with E-state index in [9.17, 15) is 8.42 Å². The molecule has 1 unspecified atom stereocenters. The predicted octanol–water partition coefficient (Wildman–Crippen LogP) is 2.43. The summed E-state index contributed by atoms with van der Waals surface area (Å²) in [6.07, 6.45) is 2.38. The number of hydrogen-bond acceptors (Lipinski definition) is 4. The number of sulfone groups is 1. The first-order valence-electron chi connectivity index (χ1n) is 5.42. The predicted molar refractivity (Wildman–Crippen MR) is 78.2 cm³/mol. The van der Waals surface area contributed by atoms with E-state index >= 15 is 0 Å². The summed E-state index contributed by atoms with van der Waals surface area (Å²) in [6.45, 7) is 0. The molecule has 0 aliphatic carbocycles. The van der Waals surface area contributed by atoms with Crippen molar-refractivity contribution in [1.82, 2.24) is 5.43 Å². The highest BCUT2D eigenvalue weighted by atomic mass is 79.9. The van der Waals surface area contributed by atoms with Gasteiger partial charge in [-0.25, -0.2) is 8.42 Å². The van der Waals surface area contributed by atoms with Crippen LogP contribution in [0.1, 0.15) is 24.4 Å². The quantitative estimate of drug-likeness (QED) is 0.607. The molecule has 1 aromatic carbocycles. The van der Waals surface area contributed by atoms with Crippen LogP contribution >= 0.6 is 27.5 Å². The van der Waals surface area contributed by atoms with Crippen LogP contribution in [0.5, 0.6) is 0 Å². The molecule has 0 heterocycles. The monoisotopic (exact) mass is 354 g/mol. The van der Waals surface area contributed by atoms with E-state index in [1.165, 1.54) is 6.26 Å². The smallest absolute Gasteiger partial charge is 0.147 e. The van der Waals surface area contributed by atoms with Crippen LogP contribution in [0, 0.1) is 0 Å². The lowest BCUT2D eigenvalue weighted by atomic mass is 10.0. The Bertz CT molecular complexity index is 508. The van der Waals surface area contributed by atoms with E-state index in [2.05, 4.69) is 21.4 Å². The molecule has 4 nitrogen and oxygen atoms in total. The minimum Gasteiger partial charge on any atom is -0.271 e. The molecule has 0 fully saturated rings. The van der Waals surface area contributed by atoms with Gasteiger partial charge in [-0.15, -0.1) is 0 Å². The number of halogens is 2. The van der Waals surface area contributed by atoms with E-state index in [1.54, 1.807) is 6.07 Å². The van der Waals surface area contributed by atoms with Crippen LogP contribution in [-0.2, 0) is 9.84 Å². The molecule has 0 spiro atoms. The normalized spacial score (nSPS) is 13.6. The van der Waals surface area contributed by atoms with E-state index < -0.39 is 9.84 Å². The Morgan fingerprint density at radius 1 is 1.50 bits per heavy atom. The Morgan fingerprint density at radius 2 is 2.17 bits per heavy atom. The third-order valence-electron chi connectivity index (χ3n) is 2.55. The van der Waals surface area contributed by atoms with Gasteiger partial charge in [0.2, 0.25) is 0 Å². The fourth-order valence-corrected chi connectivity index (χ4v) is 3.16. The van der Waals surface area contributed by atoms with Crippen molar-refractivity contribution >= 4 is 37.4 Å². The van der Waals surface area contributed by atoms with Gasteiger partial charge >= 0.3 is 0 Å². The first-order valence-corrected chi connectivity index (χ1v) is 8.65. The number of benzene rings is 1. The molecule has 0 saturated heterocycles. The summed E-state index contributed by atoms with van der Waals surface area (Å²) in [6, 6.07) is 5.39. The molecular weight excluding hydrogens is 340 g/mol. The van der Waals surface area contributed by atoms with E-state index in [1.807, 2.05) is 12.1 Å². The lowest BCUT2D eigenvalue weighted by Gasteiger charge is -2.17. The van der Waals surface area contributed by atoms with Gasteiger partial charge in [-0.05, 0) is 30.5 Å². The van der Waals surface area contributed by atoms with Gasteiger partial charge in [-0.1, -0.05) is 33.6 Å². The van der Waals surface area contributed by atoms with Crippen molar-refractivity contribution in [1.29, 1.82) is 0 Å². The van der Waals surface area contributed by atoms with Crippen molar-refractivity contribution in [2.24, 2.45) is 5.84 Å². The Balaban J connectivity index is 2.71. The zero-order valence-corrected chi connectivity index (χ0v) is 13.1. The SMILES string of the molecule is CS(=O)(=O)CCCC(NN)c1ccc(Br)cc1Cl. The van der Waals surface area contributed by atoms with Crippen LogP contribution in [0.3, 0.4) is 0 Å². The summed E-state index contributed by atoms with van der Waals surface area (Å²) >= 11 is 9.46. The highest BCUT2D eigenvalue weighted by Gasteiger charge is 2.14. The van der Waals surface area contributed by atoms with Crippen molar-refractivity contribution in [3.63, 3.8) is 0 Å². The lowest BCUT2D eigenvalue weighted by Crippen LogP contribution is -2.28. The van der Waals surface area contributed by atoms with E-state index in [0.717, 1.165) is 10.0 Å². The van der Waals surface area contributed by atoms with Crippen LogP contribution in [0.15, 0.2) is 22.7 Å². The van der Waals surface area contributed by atoms with Gasteiger partial charge in [0.25, 0.3) is 0 Å². The molecule has 1 atom stereocenters. The minimum atomic E-state index is -2.94. The number of rotatable bonds is 6. The first kappa shape index (κ1) is 15.9. The standard InChI is InChI=1S/C11H16BrClN2O2S/c1-18(16,17)6-2-3-11(15-14)9-5-4-8(12)7-10(9)13/h4-5,7,11,15H,2-3,6,14H2,1H3. The Kier molecular flexibility index (Phi) is 6.07. The molecule has 102 valence electrons.